The molecule has 0 amide bonds. The van der Waals surface area contributed by atoms with Crippen LogP contribution in [0.5, 0.6) is 0 Å². The Kier molecular flexibility index (Phi) is 5.15. The number of aromatic nitrogens is 2. The van der Waals surface area contributed by atoms with Gasteiger partial charge in [-0.2, -0.15) is 0 Å². The third-order valence-electron chi connectivity index (χ3n) is 4.32. The van der Waals surface area contributed by atoms with Gasteiger partial charge in [0.25, 0.3) is 11.2 Å². The number of benzene rings is 1. The first kappa shape index (κ1) is 17.6. The number of rotatable bonds is 5. The van der Waals surface area contributed by atoms with Gasteiger partial charge in [0, 0.05) is 49.1 Å². The number of nitrogens with zero attached hydrogens (tertiary/aromatic N) is 3. The molecule has 0 saturated carbocycles. The summed E-state index contributed by atoms with van der Waals surface area (Å²) >= 11 is 5.86. The Bertz CT molecular complexity index is 865. The van der Waals surface area contributed by atoms with Crippen molar-refractivity contribution in [2.45, 2.75) is 39.3 Å². The quantitative estimate of drug-likeness (QED) is 0.652. The second kappa shape index (κ2) is 7.33. The van der Waals surface area contributed by atoms with E-state index in [4.69, 9.17) is 11.6 Å². The number of hydrogen-bond donors (Lipinski definition) is 1. The van der Waals surface area contributed by atoms with E-state index in [0.29, 0.717) is 42.2 Å². The molecule has 0 atom stereocenters. The maximum atomic E-state index is 12.3. The predicted molar refractivity (Wildman–Crippen MR) is 94.8 cm³/mol. The van der Waals surface area contributed by atoms with Crippen LogP contribution in [-0.4, -0.2) is 26.3 Å². The van der Waals surface area contributed by atoms with E-state index < -0.39 is 4.92 Å². The molecule has 1 aromatic carbocycles. The minimum absolute atomic E-state index is 0.00336. The third-order valence-corrected chi connectivity index (χ3v) is 4.56. The first-order valence-corrected chi connectivity index (χ1v) is 8.62. The van der Waals surface area contributed by atoms with Gasteiger partial charge < -0.3 is 4.98 Å². The fraction of sp³-hybridized carbons (Fsp3) is 0.412. The molecule has 2 heterocycles. The fourth-order valence-corrected chi connectivity index (χ4v) is 3.27. The number of fused-ring (bicyclic) bond motifs is 1. The summed E-state index contributed by atoms with van der Waals surface area (Å²) in [6.45, 7) is 3.57. The molecule has 0 saturated heterocycles. The van der Waals surface area contributed by atoms with Gasteiger partial charge in [-0.1, -0.05) is 18.5 Å². The molecule has 0 fully saturated rings. The topological polar surface area (TPSA) is 92.1 Å². The molecule has 8 heteroatoms. The van der Waals surface area contributed by atoms with Gasteiger partial charge in [-0.15, -0.1) is 0 Å². The molecule has 3 rings (SSSR count). The number of nitro benzene ring substituents is 1. The van der Waals surface area contributed by atoms with Crippen LogP contribution < -0.4 is 5.56 Å². The molecule has 1 N–H and O–H groups in total. The summed E-state index contributed by atoms with van der Waals surface area (Å²) < 4.78 is 0. The van der Waals surface area contributed by atoms with E-state index in [9.17, 15) is 14.9 Å². The zero-order chi connectivity index (χ0) is 18.0. The van der Waals surface area contributed by atoms with E-state index in [1.54, 1.807) is 12.1 Å². The summed E-state index contributed by atoms with van der Waals surface area (Å²) in [4.78, 5) is 32.6. The van der Waals surface area contributed by atoms with Crippen LogP contribution >= 0.6 is 11.6 Å². The van der Waals surface area contributed by atoms with Gasteiger partial charge >= 0.3 is 0 Å². The van der Waals surface area contributed by atoms with Crippen molar-refractivity contribution in [3.63, 3.8) is 0 Å². The van der Waals surface area contributed by atoms with Crippen LogP contribution in [0.2, 0.25) is 5.02 Å². The molecular formula is C17H19ClN4O3. The van der Waals surface area contributed by atoms with Crippen LogP contribution in [-0.2, 0) is 25.9 Å². The molecule has 1 aliphatic rings. The van der Waals surface area contributed by atoms with Crippen molar-refractivity contribution in [1.29, 1.82) is 0 Å². The summed E-state index contributed by atoms with van der Waals surface area (Å²) in [6, 6.07) is 4.68. The summed E-state index contributed by atoms with van der Waals surface area (Å²) in [5, 5.41) is 11.6. The van der Waals surface area contributed by atoms with Gasteiger partial charge in [0.05, 0.1) is 16.2 Å². The van der Waals surface area contributed by atoms with Gasteiger partial charge in [0.2, 0.25) is 0 Å². The molecule has 2 aromatic rings. The highest BCUT2D eigenvalue weighted by molar-refractivity contribution is 6.30. The van der Waals surface area contributed by atoms with Crippen LogP contribution in [0.25, 0.3) is 0 Å². The summed E-state index contributed by atoms with van der Waals surface area (Å²) in [5.74, 6) is 0.730. The van der Waals surface area contributed by atoms with Crippen molar-refractivity contribution in [2.75, 3.05) is 6.54 Å². The fourth-order valence-electron chi connectivity index (χ4n) is 3.10. The van der Waals surface area contributed by atoms with Gasteiger partial charge in [0.1, 0.15) is 5.82 Å². The van der Waals surface area contributed by atoms with Crippen molar-refractivity contribution < 1.29 is 4.92 Å². The zero-order valence-corrected chi connectivity index (χ0v) is 14.7. The third kappa shape index (κ3) is 3.88. The molecule has 25 heavy (non-hydrogen) atoms. The Hall–Kier alpha value is -2.25. The minimum Gasteiger partial charge on any atom is -0.310 e. The van der Waals surface area contributed by atoms with Crippen molar-refractivity contribution >= 4 is 17.3 Å². The first-order chi connectivity index (χ1) is 12.0. The van der Waals surface area contributed by atoms with Gasteiger partial charge in [-0.25, -0.2) is 4.98 Å². The van der Waals surface area contributed by atoms with E-state index in [-0.39, 0.29) is 11.2 Å². The molecule has 0 spiro atoms. The van der Waals surface area contributed by atoms with Crippen LogP contribution in [0.3, 0.4) is 0 Å². The van der Waals surface area contributed by atoms with E-state index >= 15 is 0 Å². The van der Waals surface area contributed by atoms with Crippen LogP contribution in [0.4, 0.5) is 5.69 Å². The van der Waals surface area contributed by atoms with E-state index in [1.807, 2.05) is 11.8 Å². The SMILES string of the molecule is CCCc1nc2c(c(=O)[nH]1)CN(Cc1ccc(Cl)cc1[N+](=O)[O-])CC2. The number of hydrogen-bond acceptors (Lipinski definition) is 5. The smallest absolute Gasteiger partial charge is 0.275 e. The molecule has 132 valence electrons. The lowest BCUT2D eigenvalue weighted by Gasteiger charge is -2.27. The van der Waals surface area contributed by atoms with Gasteiger partial charge in [0.15, 0.2) is 0 Å². The Morgan fingerprint density at radius 1 is 1.44 bits per heavy atom. The Morgan fingerprint density at radius 2 is 2.24 bits per heavy atom. The summed E-state index contributed by atoms with van der Waals surface area (Å²) in [6.07, 6.45) is 2.34. The molecule has 1 aromatic heterocycles. The predicted octanol–water partition coefficient (Wildman–Crippen LogP) is 2.84. The van der Waals surface area contributed by atoms with E-state index in [0.717, 1.165) is 24.4 Å². The zero-order valence-electron chi connectivity index (χ0n) is 13.9. The maximum absolute atomic E-state index is 12.3. The van der Waals surface area contributed by atoms with Crippen LogP contribution in [0.15, 0.2) is 23.0 Å². The second-order valence-electron chi connectivity index (χ2n) is 6.18. The molecule has 0 radical (unpaired) electrons. The molecule has 7 nitrogen and oxygen atoms in total. The Labute approximate surface area is 149 Å². The number of halogens is 1. The van der Waals surface area contributed by atoms with E-state index in [2.05, 4.69) is 9.97 Å². The van der Waals surface area contributed by atoms with Gasteiger partial charge in [-0.05, 0) is 18.6 Å². The van der Waals surface area contributed by atoms with Gasteiger partial charge in [-0.3, -0.25) is 19.8 Å². The number of nitrogens with one attached hydrogen (secondary N) is 1. The van der Waals surface area contributed by atoms with Crippen molar-refractivity contribution in [2.24, 2.45) is 0 Å². The molecule has 1 aliphatic heterocycles. The molecule has 0 bridgehead atoms. The van der Waals surface area contributed by atoms with Crippen LogP contribution in [0.1, 0.15) is 36.0 Å². The highest BCUT2D eigenvalue weighted by atomic mass is 35.5. The number of aromatic amines is 1. The highest BCUT2D eigenvalue weighted by Gasteiger charge is 2.23. The first-order valence-electron chi connectivity index (χ1n) is 8.24. The molecular weight excluding hydrogens is 344 g/mol. The van der Waals surface area contributed by atoms with E-state index in [1.165, 1.54) is 6.07 Å². The number of H-pyrrole nitrogens is 1. The average Bonchev–Trinajstić information content (AvgIpc) is 2.57. The maximum Gasteiger partial charge on any atom is 0.275 e. The molecule has 0 unspecified atom stereocenters. The Balaban J connectivity index is 1.82. The second-order valence-corrected chi connectivity index (χ2v) is 6.62. The van der Waals surface area contributed by atoms with Crippen molar-refractivity contribution in [3.8, 4) is 0 Å². The summed E-state index contributed by atoms with van der Waals surface area (Å²) in [7, 11) is 0. The van der Waals surface area contributed by atoms with Crippen molar-refractivity contribution in [1.82, 2.24) is 14.9 Å². The van der Waals surface area contributed by atoms with Crippen LogP contribution in [0, 0.1) is 10.1 Å². The minimum atomic E-state index is -0.426. The lowest BCUT2D eigenvalue weighted by Crippen LogP contribution is -2.36. The Morgan fingerprint density at radius 3 is 2.96 bits per heavy atom. The lowest BCUT2D eigenvalue weighted by molar-refractivity contribution is -0.385. The standard InChI is InChI=1S/C17H19ClN4O3/c1-2-3-16-19-14-6-7-21(10-13(14)17(23)20-16)9-11-4-5-12(18)8-15(11)22(24)25/h4-5,8H,2-3,6-7,9-10H2,1H3,(H,19,20,23). The highest BCUT2D eigenvalue weighted by Crippen LogP contribution is 2.26. The normalized spacial score (nSPS) is 14.3. The summed E-state index contributed by atoms with van der Waals surface area (Å²) in [5.41, 5.74) is 1.98. The lowest BCUT2D eigenvalue weighted by atomic mass is 10.1. The van der Waals surface area contributed by atoms with Crippen molar-refractivity contribution in [3.05, 3.63) is 66.3 Å². The molecule has 0 aliphatic carbocycles. The number of aryl methyl sites for hydroxylation is 1. The monoisotopic (exact) mass is 362 g/mol. The largest absolute Gasteiger partial charge is 0.310 e. The number of nitro groups is 1. The average molecular weight is 363 g/mol.